The Labute approximate surface area is 161 Å². The van der Waals surface area contributed by atoms with E-state index in [0.717, 1.165) is 16.7 Å². The summed E-state index contributed by atoms with van der Waals surface area (Å²) < 4.78 is 39.8. The van der Waals surface area contributed by atoms with Crippen LogP contribution in [-0.4, -0.2) is 38.3 Å². The van der Waals surface area contributed by atoms with Gasteiger partial charge in [-0.15, -0.1) is 11.3 Å². The molecule has 0 atom stereocenters. The second-order valence-corrected chi connectivity index (χ2v) is 7.56. The van der Waals surface area contributed by atoms with Crippen LogP contribution in [0.15, 0.2) is 29.8 Å². The molecule has 0 radical (unpaired) electrons. The van der Waals surface area contributed by atoms with Gasteiger partial charge in [-0.2, -0.15) is 13.2 Å². The number of thiazole rings is 1. The number of piperidine rings is 1. The molecule has 0 aromatic carbocycles. The zero-order valence-electron chi connectivity index (χ0n) is 13.9. The van der Waals surface area contributed by atoms with Gasteiger partial charge >= 0.3 is 6.18 Å². The van der Waals surface area contributed by atoms with Crippen molar-refractivity contribution < 1.29 is 18.0 Å². The van der Waals surface area contributed by atoms with Crippen molar-refractivity contribution in [2.24, 2.45) is 0 Å². The van der Waals surface area contributed by atoms with Gasteiger partial charge in [-0.1, -0.05) is 17.7 Å². The molecule has 1 saturated heterocycles. The van der Waals surface area contributed by atoms with Gasteiger partial charge in [-0.3, -0.25) is 9.20 Å². The van der Waals surface area contributed by atoms with Gasteiger partial charge in [0.05, 0.1) is 5.01 Å². The average Bonchev–Trinajstić information content (AvgIpc) is 3.25. The highest BCUT2D eigenvalue weighted by Crippen LogP contribution is 2.36. The van der Waals surface area contributed by atoms with E-state index in [1.165, 1.54) is 0 Å². The zero-order chi connectivity index (χ0) is 19.2. The molecular formula is C17H14ClF3N4OS. The van der Waals surface area contributed by atoms with Crippen LogP contribution < -0.4 is 0 Å². The molecule has 1 fully saturated rings. The van der Waals surface area contributed by atoms with Crippen molar-refractivity contribution in [1.29, 1.82) is 0 Å². The van der Waals surface area contributed by atoms with Crippen LogP contribution in [0, 0.1) is 0 Å². The molecule has 0 bridgehead atoms. The van der Waals surface area contributed by atoms with E-state index in [2.05, 4.69) is 9.97 Å². The Balaban J connectivity index is 1.48. The molecule has 4 rings (SSSR count). The number of alkyl halides is 3. The van der Waals surface area contributed by atoms with Crippen LogP contribution in [0.2, 0.25) is 5.15 Å². The maximum atomic E-state index is 12.9. The summed E-state index contributed by atoms with van der Waals surface area (Å²) in [5.41, 5.74) is 0.0426. The lowest BCUT2D eigenvalue weighted by atomic mass is 9.97. The van der Waals surface area contributed by atoms with Crippen molar-refractivity contribution in [2.45, 2.75) is 24.9 Å². The van der Waals surface area contributed by atoms with E-state index in [0.29, 0.717) is 42.3 Å². The third kappa shape index (κ3) is 3.41. The predicted octanol–water partition coefficient (Wildman–Crippen LogP) is 4.48. The normalized spacial score (nSPS) is 16.2. The number of amides is 1. The largest absolute Gasteiger partial charge is 0.434 e. The Kier molecular flexibility index (Phi) is 4.59. The van der Waals surface area contributed by atoms with E-state index in [9.17, 15) is 18.0 Å². The Morgan fingerprint density at radius 2 is 1.96 bits per heavy atom. The Morgan fingerprint density at radius 3 is 2.63 bits per heavy atom. The highest BCUT2D eigenvalue weighted by molar-refractivity contribution is 7.09. The number of pyridine rings is 1. The number of fused-ring (bicyclic) bond motifs is 1. The molecule has 5 nitrogen and oxygen atoms in total. The maximum absolute atomic E-state index is 12.9. The van der Waals surface area contributed by atoms with Crippen molar-refractivity contribution >= 4 is 34.5 Å². The summed E-state index contributed by atoms with van der Waals surface area (Å²) in [5, 5.41) is 1.66. The van der Waals surface area contributed by atoms with Gasteiger partial charge in [-0.25, -0.2) is 9.97 Å². The molecule has 1 aliphatic rings. The van der Waals surface area contributed by atoms with Gasteiger partial charge < -0.3 is 4.90 Å². The van der Waals surface area contributed by atoms with Gasteiger partial charge in [0.15, 0.2) is 16.5 Å². The summed E-state index contributed by atoms with van der Waals surface area (Å²) in [6.07, 6.45) is -1.58. The topological polar surface area (TPSA) is 50.5 Å². The second-order valence-electron chi connectivity index (χ2n) is 6.32. The number of nitrogens with zero attached hydrogens (tertiary/aromatic N) is 4. The molecule has 0 spiro atoms. The van der Waals surface area contributed by atoms with Crippen LogP contribution in [0.5, 0.6) is 0 Å². The number of carbonyl (C=O) groups excluding carboxylic acids is 1. The van der Waals surface area contributed by atoms with Gasteiger partial charge in [0.2, 0.25) is 0 Å². The zero-order valence-corrected chi connectivity index (χ0v) is 15.5. The van der Waals surface area contributed by atoms with Crippen molar-refractivity contribution in [1.82, 2.24) is 19.3 Å². The predicted molar refractivity (Wildman–Crippen MR) is 95.2 cm³/mol. The van der Waals surface area contributed by atoms with E-state index in [1.54, 1.807) is 27.6 Å². The van der Waals surface area contributed by atoms with Crippen LogP contribution in [0.3, 0.4) is 0 Å². The molecule has 0 unspecified atom stereocenters. The molecule has 0 saturated carbocycles. The van der Waals surface area contributed by atoms with E-state index < -0.39 is 11.9 Å². The second kappa shape index (κ2) is 6.79. The number of hydrogen-bond donors (Lipinski definition) is 0. The first-order chi connectivity index (χ1) is 12.8. The van der Waals surface area contributed by atoms with Crippen LogP contribution in [0.1, 0.15) is 39.9 Å². The summed E-state index contributed by atoms with van der Waals surface area (Å²) in [5.74, 6) is -0.305. The molecule has 4 heterocycles. The summed E-state index contributed by atoms with van der Waals surface area (Å²) in [7, 11) is 0. The first-order valence-electron chi connectivity index (χ1n) is 8.29. The first-order valence-corrected chi connectivity index (χ1v) is 9.55. The van der Waals surface area contributed by atoms with Crippen LogP contribution in [0.25, 0.3) is 5.65 Å². The standard InChI is InChI=1S/C17H14ClF3N4OS/c18-14-13(25-6-2-1-3-12(25)23-14)16(26)24-7-4-10(5-8-24)15-22-11(9-27-15)17(19,20)21/h1-3,6,9-10H,4-5,7-8H2. The van der Waals surface area contributed by atoms with Crippen LogP contribution in [-0.2, 0) is 6.18 Å². The number of rotatable bonds is 2. The molecule has 3 aromatic heterocycles. The fraction of sp³-hybridized carbons (Fsp3) is 0.353. The van der Waals surface area contributed by atoms with Crippen molar-refractivity contribution in [3.8, 4) is 0 Å². The van der Waals surface area contributed by atoms with E-state index >= 15 is 0 Å². The highest BCUT2D eigenvalue weighted by atomic mass is 35.5. The Hall–Kier alpha value is -2.13. The molecule has 142 valence electrons. The summed E-state index contributed by atoms with van der Waals surface area (Å²) in [6.45, 7) is 0.863. The lowest BCUT2D eigenvalue weighted by molar-refractivity contribution is -0.140. The number of likely N-dealkylation sites (tertiary alicyclic amines) is 1. The molecule has 0 aliphatic carbocycles. The Morgan fingerprint density at radius 1 is 1.22 bits per heavy atom. The quantitative estimate of drug-likeness (QED) is 0.621. The van der Waals surface area contributed by atoms with Gasteiger partial charge in [0, 0.05) is 30.6 Å². The van der Waals surface area contributed by atoms with Gasteiger partial charge in [0.25, 0.3) is 5.91 Å². The summed E-state index contributed by atoms with van der Waals surface area (Å²) >= 11 is 7.18. The van der Waals surface area contributed by atoms with Crippen LogP contribution in [0.4, 0.5) is 13.2 Å². The molecule has 0 N–H and O–H groups in total. The third-order valence-electron chi connectivity index (χ3n) is 4.63. The Bertz CT molecular complexity index is 992. The summed E-state index contributed by atoms with van der Waals surface area (Å²) in [4.78, 5) is 22.5. The number of carbonyl (C=O) groups is 1. The average molecular weight is 415 g/mol. The van der Waals surface area contributed by atoms with Gasteiger partial charge in [0.1, 0.15) is 5.65 Å². The minimum atomic E-state index is -4.43. The van der Waals surface area contributed by atoms with Crippen molar-refractivity contribution in [3.05, 3.63) is 51.3 Å². The van der Waals surface area contributed by atoms with Crippen LogP contribution >= 0.6 is 22.9 Å². The number of hydrogen-bond acceptors (Lipinski definition) is 4. The number of halogens is 4. The lowest BCUT2D eigenvalue weighted by Gasteiger charge is -2.31. The summed E-state index contributed by atoms with van der Waals surface area (Å²) in [6, 6.07) is 5.35. The molecule has 27 heavy (non-hydrogen) atoms. The molecule has 1 amide bonds. The van der Waals surface area contributed by atoms with Crippen molar-refractivity contribution in [2.75, 3.05) is 13.1 Å². The fourth-order valence-corrected chi connectivity index (χ4v) is 4.50. The molecule has 1 aliphatic heterocycles. The fourth-order valence-electron chi connectivity index (χ4n) is 3.24. The molecule has 10 heteroatoms. The minimum Gasteiger partial charge on any atom is -0.337 e. The minimum absolute atomic E-state index is 0.0761. The SMILES string of the molecule is O=C(c1c(Cl)nc2ccccn12)N1CCC(c2nc(C(F)(F)F)cs2)CC1. The van der Waals surface area contributed by atoms with Crippen molar-refractivity contribution in [3.63, 3.8) is 0 Å². The number of imidazole rings is 1. The molecule has 3 aromatic rings. The van der Waals surface area contributed by atoms with E-state index in [4.69, 9.17) is 11.6 Å². The first kappa shape index (κ1) is 18.2. The van der Waals surface area contributed by atoms with E-state index in [-0.39, 0.29) is 17.0 Å². The lowest BCUT2D eigenvalue weighted by Crippen LogP contribution is -2.38. The maximum Gasteiger partial charge on any atom is 0.434 e. The van der Waals surface area contributed by atoms with E-state index in [1.807, 2.05) is 6.07 Å². The third-order valence-corrected chi connectivity index (χ3v) is 5.90. The molecular weight excluding hydrogens is 401 g/mol. The monoisotopic (exact) mass is 414 g/mol. The highest BCUT2D eigenvalue weighted by Gasteiger charge is 2.35. The number of aromatic nitrogens is 3. The smallest absolute Gasteiger partial charge is 0.337 e. The van der Waals surface area contributed by atoms with Gasteiger partial charge in [-0.05, 0) is 25.0 Å².